The molecule has 0 aliphatic heterocycles. The summed E-state index contributed by atoms with van der Waals surface area (Å²) >= 11 is 3.26. The lowest BCUT2D eigenvalue weighted by Crippen LogP contribution is -2.13. The lowest BCUT2D eigenvalue weighted by molar-refractivity contribution is -0.137. The van der Waals surface area contributed by atoms with E-state index in [0.29, 0.717) is 27.2 Å². The average molecular weight is 435 g/mol. The number of hydrogen-bond acceptors (Lipinski definition) is 3. The molecule has 0 aliphatic rings. The molecule has 2 N–H and O–H groups in total. The van der Waals surface area contributed by atoms with Crippen molar-refractivity contribution in [2.24, 2.45) is 0 Å². The monoisotopic (exact) mass is 434 g/mol. The van der Waals surface area contributed by atoms with Crippen LogP contribution >= 0.6 is 15.9 Å². The second-order valence-corrected chi connectivity index (χ2v) is 6.60. The van der Waals surface area contributed by atoms with Gasteiger partial charge in [-0.1, -0.05) is 18.2 Å². The number of ketones is 1. The molecule has 0 amide bonds. The van der Waals surface area contributed by atoms with Crippen molar-refractivity contribution in [2.45, 2.75) is 6.18 Å². The second kappa shape index (κ2) is 6.34. The number of aromatic nitrogens is 4. The average Bonchev–Trinajstić information content (AvgIpc) is 3.26. The van der Waals surface area contributed by atoms with Crippen LogP contribution in [0.2, 0.25) is 0 Å². The number of H-pyrrole nitrogens is 2. The minimum Gasteiger partial charge on any atom is -0.358 e. The van der Waals surface area contributed by atoms with E-state index >= 15 is 0 Å². The number of imidazole rings is 1. The fourth-order valence-corrected chi connectivity index (χ4v) is 3.08. The van der Waals surface area contributed by atoms with Crippen LogP contribution in [0.15, 0.2) is 53.4 Å². The molecular weight excluding hydrogens is 425 g/mol. The SMILES string of the molecule is O=C(c1c[nH]c(-c2nc3cc(Br)ncc3[nH]2)c1)c1ccccc1C(F)(F)F. The predicted octanol–water partition coefficient (Wildman–Crippen LogP) is 4.97. The number of benzene rings is 1. The van der Waals surface area contributed by atoms with Crippen molar-refractivity contribution < 1.29 is 18.0 Å². The first kappa shape index (κ1) is 17.5. The van der Waals surface area contributed by atoms with Gasteiger partial charge in [0, 0.05) is 17.3 Å². The lowest BCUT2D eigenvalue weighted by atomic mass is 9.99. The van der Waals surface area contributed by atoms with Crippen molar-refractivity contribution in [3.63, 3.8) is 0 Å². The maximum absolute atomic E-state index is 13.2. The molecule has 5 nitrogen and oxygen atoms in total. The summed E-state index contributed by atoms with van der Waals surface area (Å²) in [4.78, 5) is 27.0. The first-order valence-corrected chi connectivity index (χ1v) is 8.53. The van der Waals surface area contributed by atoms with Crippen LogP contribution in [0.5, 0.6) is 0 Å². The van der Waals surface area contributed by atoms with Gasteiger partial charge in [-0.2, -0.15) is 13.2 Å². The Hall–Kier alpha value is -2.94. The molecule has 136 valence electrons. The molecule has 9 heteroatoms. The minimum absolute atomic E-state index is 0.112. The van der Waals surface area contributed by atoms with Crippen molar-refractivity contribution >= 4 is 32.7 Å². The quantitative estimate of drug-likeness (QED) is 0.353. The van der Waals surface area contributed by atoms with Crippen molar-refractivity contribution in [3.8, 4) is 11.5 Å². The Kier molecular flexibility index (Phi) is 4.11. The summed E-state index contributed by atoms with van der Waals surface area (Å²) in [5, 5.41) is 0. The number of halogens is 4. The number of carbonyl (C=O) groups excluding carboxylic acids is 1. The van der Waals surface area contributed by atoms with Crippen LogP contribution < -0.4 is 0 Å². The zero-order chi connectivity index (χ0) is 19.2. The van der Waals surface area contributed by atoms with Gasteiger partial charge in [-0.25, -0.2) is 9.97 Å². The van der Waals surface area contributed by atoms with Crippen LogP contribution in [0.3, 0.4) is 0 Å². The molecule has 27 heavy (non-hydrogen) atoms. The van der Waals surface area contributed by atoms with Gasteiger partial charge in [0.15, 0.2) is 11.6 Å². The van der Waals surface area contributed by atoms with Crippen molar-refractivity contribution in [1.29, 1.82) is 0 Å². The Balaban J connectivity index is 1.71. The summed E-state index contributed by atoms with van der Waals surface area (Å²) in [7, 11) is 0. The van der Waals surface area contributed by atoms with Crippen molar-refractivity contribution in [1.82, 2.24) is 19.9 Å². The fourth-order valence-electron chi connectivity index (χ4n) is 2.76. The lowest BCUT2D eigenvalue weighted by Gasteiger charge is -2.10. The van der Waals surface area contributed by atoms with Gasteiger partial charge in [-0.05, 0) is 34.1 Å². The van der Waals surface area contributed by atoms with Crippen LogP contribution in [0, 0.1) is 0 Å². The maximum atomic E-state index is 13.2. The first-order chi connectivity index (χ1) is 12.8. The topological polar surface area (TPSA) is 74.4 Å². The number of alkyl halides is 3. The Bertz CT molecular complexity index is 1160. The molecule has 0 bridgehead atoms. The molecule has 3 heterocycles. The highest BCUT2D eigenvalue weighted by molar-refractivity contribution is 9.10. The van der Waals surface area contributed by atoms with Gasteiger partial charge in [-0.15, -0.1) is 0 Å². The van der Waals surface area contributed by atoms with E-state index in [1.54, 1.807) is 12.3 Å². The molecule has 4 aromatic rings. The molecular formula is C18H10BrF3N4O. The molecule has 4 rings (SSSR count). The number of hydrogen-bond donors (Lipinski definition) is 2. The van der Waals surface area contributed by atoms with Crippen LogP contribution in [0.4, 0.5) is 13.2 Å². The third-order valence-corrected chi connectivity index (χ3v) is 4.45. The summed E-state index contributed by atoms with van der Waals surface area (Å²) in [6.45, 7) is 0. The molecule has 0 atom stereocenters. The number of carbonyl (C=O) groups is 1. The number of pyridine rings is 1. The number of aromatic amines is 2. The molecule has 0 spiro atoms. The van der Waals surface area contributed by atoms with Crippen LogP contribution in [0.25, 0.3) is 22.6 Å². The molecule has 0 unspecified atom stereocenters. The zero-order valence-corrected chi connectivity index (χ0v) is 15.0. The highest BCUT2D eigenvalue weighted by Gasteiger charge is 2.35. The summed E-state index contributed by atoms with van der Waals surface area (Å²) < 4.78 is 40.1. The Morgan fingerprint density at radius 3 is 2.70 bits per heavy atom. The van der Waals surface area contributed by atoms with E-state index in [9.17, 15) is 18.0 Å². The van der Waals surface area contributed by atoms with Gasteiger partial charge < -0.3 is 9.97 Å². The Morgan fingerprint density at radius 1 is 1.15 bits per heavy atom. The predicted molar refractivity (Wildman–Crippen MR) is 96.3 cm³/mol. The molecule has 0 saturated carbocycles. The molecule has 3 aromatic heterocycles. The zero-order valence-electron chi connectivity index (χ0n) is 13.4. The summed E-state index contributed by atoms with van der Waals surface area (Å²) in [5.74, 6) is -0.265. The third-order valence-electron chi connectivity index (χ3n) is 4.01. The number of rotatable bonds is 3. The van der Waals surface area contributed by atoms with Gasteiger partial charge >= 0.3 is 6.18 Å². The largest absolute Gasteiger partial charge is 0.417 e. The van der Waals surface area contributed by atoms with Crippen LogP contribution in [-0.4, -0.2) is 25.7 Å². The normalized spacial score (nSPS) is 11.9. The summed E-state index contributed by atoms with van der Waals surface area (Å²) in [6.07, 6.45) is -1.64. The molecule has 0 aliphatic carbocycles. The maximum Gasteiger partial charge on any atom is 0.417 e. The molecule has 0 radical (unpaired) electrons. The first-order valence-electron chi connectivity index (χ1n) is 7.74. The van der Waals surface area contributed by atoms with Gasteiger partial charge in [0.05, 0.1) is 28.5 Å². The van der Waals surface area contributed by atoms with Crippen LogP contribution in [0.1, 0.15) is 21.5 Å². The van der Waals surface area contributed by atoms with Gasteiger partial charge in [-0.3, -0.25) is 4.79 Å². The number of nitrogens with zero attached hydrogens (tertiary/aromatic N) is 2. The van der Waals surface area contributed by atoms with E-state index in [1.165, 1.54) is 30.5 Å². The standard InChI is InChI=1S/C18H10BrF3N4O/c19-15-6-12-14(8-24-15)26-17(25-12)13-5-9(7-23-13)16(27)10-3-1-2-4-11(10)18(20,21)22/h1-8,23H,(H,25,26). The van der Waals surface area contributed by atoms with E-state index in [1.807, 2.05) is 0 Å². The van der Waals surface area contributed by atoms with E-state index < -0.39 is 23.1 Å². The third kappa shape index (κ3) is 3.25. The van der Waals surface area contributed by atoms with E-state index in [-0.39, 0.29) is 5.56 Å². The van der Waals surface area contributed by atoms with E-state index in [4.69, 9.17) is 0 Å². The minimum atomic E-state index is -4.61. The summed E-state index contributed by atoms with van der Waals surface area (Å²) in [6, 6.07) is 7.91. The Morgan fingerprint density at radius 2 is 1.93 bits per heavy atom. The number of nitrogens with one attached hydrogen (secondary N) is 2. The van der Waals surface area contributed by atoms with Crippen molar-refractivity contribution in [2.75, 3.05) is 0 Å². The smallest absolute Gasteiger partial charge is 0.358 e. The van der Waals surface area contributed by atoms with Gasteiger partial charge in [0.25, 0.3) is 0 Å². The van der Waals surface area contributed by atoms with Gasteiger partial charge in [0.1, 0.15) is 4.60 Å². The highest BCUT2D eigenvalue weighted by Crippen LogP contribution is 2.33. The van der Waals surface area contributed by atoms with Gasteiger partial charge in [0.2, 0.25) is 0 Å². The number of fused-ring (bicyclic) bond motifs is 1. The molecule has 0 saturated heterocycles. The second-order valence-electron chi connectivity index (χ2n) is 5.78. The highest BCUT2D eigenvalue weighted by atomic mass is 79.9. The Labute approximate surface area is 158 Å². The molecule has 1 aromatic carbocycles. The van der Waals surface area contributed by atoms with E-state index in [2.05, 4.69) is 35.9 Å². The summed E-state index contributed by atoms with van der Waals surface area (Å²) in [5.41, 5.74) is 0.595. The fraction of sp³-hybridized carbons (Fsp3) is 0.0556. The van der Waals surface area contributed by atoms with Crippen LogP contribution in [-0.2, 0) is 6.18 Å². The molecule has 0 fully saturated rings. The van der Waals surface area contributed by atoms with E-state index in [0.717, 1.165) is 6.07 Å². The van der Waals surface area contributed by atoms with Crippen molar-refractivity contribution in [3.05, 3.63) is 70.1 Å².